The zero-order valence-corrected chi connectivity index (χ0v) is 45.6. The largest absolute Gasteiger partial charge is 0.461 e. The predicted molar refractivity (Wildman–Crippen MR) is 271 cm³/mol. The van der Waals surface area contributed by atoms with Crippen LogP contribution in [-0.2, 0) is 57.1 Å². The normalized spacial score (nSPS) is 14.1. The second-order valence-electron chi connectivity index (χ2n) is 20.5. The maximum atomic E-state index is 13.4. The van der Waals surface area contributed by atoms with Crippen molar-refractivity contribution in [2.75, 3.05) is 46.1 Å². The summed E-state index contributed by atoms with van der Waals surface area (Å²) in [5, 5.41) is 0. The lowest BCUT2D eigenvalue weighted by molar-refractivity contribution is -0.169. The lowest BCUT2D eigenvalue weighted by atomic mass is 10.0. The van der Waals surface area contributed by atoms with Gasteiger partial charge in [0.25, 0.3) is 0 Å². The summed E-state index contributed by atoms with van der Waals surface area (Å²) in [7, 11) is 0. The van der Waals surface area contributed by atoms with Crippen molar-refractivity contribution in [3.8, 4) is 0 Å². The molecule has 0 saturated heterocycles. The van der Waals surface area contributed by atoms with Crippen LogP contribution >= 0.6 is 0 Å². The molecule has 0 aliphatic heterocycles. The Labute approximate surface area is 419 Å². The van der Waals surface area contributed by atoms with Gasteiger partial charge in [0, 0.05) is 32.5 Å². The van der Waals surface area contributed by atoms with E-state index >= 15 is 0 Å². The number of ether oxygens (including phenoxy) is 7. The third kappa shape index (κ3) is 37.1. The zero-order valence-electron chi connectivity index (χ0n) is 45.6. The van der Waals surface area contributed by atoms with Crippen LogP contribution in [-0.4, -0.2) is 105 Å². The maximum absolute atomic E-state index is 13.4. The van der Waals surface area contributed by atoms with E-state index in [1.807, 2.05) is 20.8 Å². The van der Waals surface area contributed by atoms with Crippen LogP contribution < -0.4 is 0 Å². The molecule has 404 valence electrons. The molecular weight excluding hydrogens is 883 g/mol. The molecule has 0 spiro atoms. The van der Waals surface area contributed by atoms with Crippen molar-refractivity contribution in [1.82, 2.24) is 4.90 Å². The standard InChI is InChI=1S/C55H101NO13/c1-12-16-20-24-30-43(5)38-63-39-47(40-64-51(59)44(6)31-25-21-17-13-2)67-49(57)34-28-36-56(54(62)69-55(9,10)11)37-29-35-50(58)68-48(41-65-52(60)45(7)32-26-22-18-14-3)42-66-53(61)46(8)33-27-23-19-15-4/h43-48H,12-42H2,1-11H3. The van der Waals surface area contributed by atoms with Gasteiger partial charge in [0.2, 0.25) is 0 Å². The van der Waals surface area contributed by atoms with Crippen LogP contribution in [0.25, 0.3) is 0 Å². The van der Waals surface area contributed by atoms with E-state index in [2.05, 4.69) is 34.6 Å². The number of amides is 1. The molecular formula is C55H101NO13. The average molecular weight is 984 g/mol. The predicted octanol–water partition coefficient (Wildman–Crippen LogP) is 12.7. The number of esters is 5. The smallest absolute Gasteiger partial charge is 0.410 e. The number of unbranched alkanes of at least 4 members (excludes halogenated alkanes) is 12. The number of carbonyl (C=O) groups excluding carboxylic acids is 6. The minimum absolute atomic E-state index is 0.0265. The molecule has 14 heteroatoms. The first-order valence-corrected chi connectivity index (χ1v) is 27.3. The van der Waals surface area contributed by atoms with E-state index in [0.29, 0.717) is 25.4 Å². The maximum Gasteiger partial charge on any atom is 0.410 e. The summed E-state index contributed by atoms with van der Waals surface area (Å²) in [6, 6.07) is 0. The Balaban J connectivity index is 5.64. The molecule has 0 aliphatic carbocycles. The Morgan fingerprint density at radius 1 is 0.435 bits per heavy atom. The molecule has 14 nitrogen and oxygen atoms in total. The number of hydrogen-bond acceptors (Lipinski definition) is 13. The number of rotatable bonds is 43. The summed E-state index contributed by atoms with van der Waals surface area (Å²) in [4.78, 5) is 79.9. The van der Waals surface area contributed by atoms with E-state index in [-0.39, 0.29) is 88.9 Å². The molecule has 0 saturated carbocycles. The second kappa shape index (κ2) is 41.2. The minimum Gasteiger partial charge on any atom is -0.461 e. The van der Waals surface area contributed by atoms with Crippen molar-refractivity contribution in [3.05, 3.63) is 0 Å². The van der Waals surface area contributed by atoms with Gasteiger partial charge in [-0.3, -0.25) is 24.0 Å². The van der Waals surface area contributed by atoms with Gasteiger partial charge in [-0.1, -0.05) is 158 Å². The monoisotopic (exact) mass is 984 g/mol. The topological polar surface area (TPSA) is 170 Å². The SMILES string of the molecule is CCCCCCC(C)COCC(COC(=O)C(C)CCCCCC)OC(=O)CCCN(CCCC(=O)OC(COC(=O)C(C)CCCCCC)COC(=O)C(C)CCCCCC)C(=O)OC(C)(C)C. The summed E-state index contributed by atoms with van der Waals surface area (Å²) < 4.78 is 40.0. The highest BCUT2D eigenvalue weighted by atomic mass is 16.6. The van der Waals surface area contributed by atoms with Gasteiger partial charge in [-0.05, 0) is 65.2 Å². The number of carbonyl (C=O) groups is 6. The first-order chi connectivity index (χ1) is 32.9. The second-order valence-corrected chi connectivity index (χ2v) is 20.5. The first-order valence-electron chi connectivity index (χ1n) is 27.3. The quantitative estimate of drug-likeness (QED) is 0.0321. The molecule has 5 unspecified atom stereocenters. The molecule has 0 aromatic carbocycles. The van der Waals surface area contributed by atoms with Gasteiger partial charge in [-0.15, -0.1) is 0 Å². The van der Waals surface area contributed by atoms with E-state index in [9.17, 15) is 28.8 Å². The van der Waals surface area contributed by atoms with Crippen molar-refractivity contribution in [1.29, 1.82) is 0 Å². The fourth-order valence-electron chi connectivity index (χ4n) is 7.51. The molecule has 0 bridgehead atoms. The molecule has 0 fully saturated rings. The van der Waals surface area contributed by atoms with Gasteiger partial charge >= 0.3 is 35.9 Å². The molecule has 0 aromatic rings. The summed E-state index contributed by atoms with van der Waals surface area (Å²) >= 11 is 0. The summed E-state index contributed by atoms with van der Waals surface area (Å²) in [6.07, 6.45) is 18.3. The lowest BCUT2D eigenvalue weighted by Crippen LogP contribution is -2.38. The Morgan fingerprint density at radius 3 is 1.13 bits per heavy atom. The highest BCUT2D eigenvalue weighted by Gasteiger charge is 2.26. The van der Waals surface area contributed by atoms with Crippen molar-refractivity contribution in [2.45, 2.75) is 248 Å². The molecule has 5 atom stereocenters. The molecule has 0 aromatic heterocycles. The summed E-state index contributed by atoms with van der Waals surface area (Å²) in [5.41, 5.74) is -0.792. The third-order valence-corrected chi connectivity index (χ3v) is 12.0. The van der Waals surface area contributed by atoms with E-state index in [4.69, 9.17) is 33.2 Å². The van der Waals surface area contributed by atoms with Gasteiger partial charge in [0.15, 0.2) is 12.2 Å². The molecule has 0 heterocycles. The summed E-state index contributed by atoms with van der Waals surface area (Å²) in [5.74, 6) is -2.84. The van der Waals surface area contributed by atoms with Gasteiger partial charge in [0.1, 0.15) is 25.4 Å². The van der Waals surface area contributed by atoms with Crippen molar-refractivity contribution in [2.24, 2.45) is 23.7 Å². The van der Waals surface area contributed by atoms with Crippen LogP contribution in [0.3, 0.4) is 0 Å². The van der Waals surface area contributed by atoms with E-state index < -0.39 is 47.8 Å². The molecule has 69 heavy (non-hydrogen) atoms. The summed E-state index contributed by atoms with van der Waals surface area (Å²) in [6.45, 7) is 21.7. The fourth-order valence-corrected chi connectivity index (χ4v) is 7.51. The Hall–Kier alpha value is -3.42. The molecule has 0 aliphatic rings. The van der Waals surface area contributed by atoms with Crippen LogP contribution in [0.1, 0.15) is 230 Å². The first kappa shape index (κ1) is 65.6. The van der Waals surface area contributed by atoms with Crippen LogP contribution in [0.15, 0.2) is 0 Å². The van der Waals surface area contributed by atoms with E-state index in [1.165, 1.54) is 24.2 Å². The van der Waals surface area contributed by atoms with Crippen LogP contribution in [0.5, 0.6) is 0 Å². The van der Waals surface area contributed by atoms with Crippen LogP contribution in [0.4, 0.5) is 4.79 Å². The molecule has 0 N–H and O–H groups in total. The molecule has 0 radical (unpaired) electrons. The van der Waals surface area contributed by atoms with E-state index in [0.717, 1.165) is 96.3 Å². The highest BCUT2D eigenvalue weighted by Crippen LogP contribution is 2.18. The van der Waals surface area contributed by atoms with E-state index in [1.54, 1.807) is 20.8 Å². The fraction of sp³-hybridized carbons (Fsp3) is 0.891. The zero-order chi connectivity index (χ0) is 51.9. The Bertz CT molecular complexity index is 1330. The number of nitrogens with zero attached hydrogens (tertiary/aromatic N) is 1. The Kier molecular flexibility index (Phi) is 39.2. The van der Waals surface area contributed by atoms with Crippen molar-refractivity contribution >= 4 is 35.9 Å². The average Bonchev–Trinajstić information content (AvgIpc) is 3.30. The Morgan fingerprint density at radius 2 is 0.783 bits per heavy atom. The van der Waals surface area contributed by atoms with Crippen molar-refractivity contribution in [3.63, 3.8) is 0 Å². The van der Waals surface area contributed by atoms with Gasteiger partial charge in [0.05, 0.1) is 24.4 Å². The van der Waals surface area contributed by atoms with Gasteiger partial charge < -0.3 is 38.1 Å². The molecule has 1 amide bonds. The van der Waals surface area contributed by atoms with Crippen molar-refractivity contribution < 1.29 is 61.9 Å². The van der Waals surface area contributed by atoms with Crippen LogP contribution in [0.2, 0.25) is 0 Å². The number of hydrogen-bond donors (Lipinski definition) is 0. The highest BCUT2D eigenvalue weighted by molar-refractivity contribution is 5.74. The van der Waals surface area contributed by atoms with Crippen LogP contribution in [0, 0.1) is 23.7 Å². The lowest BCUT2D eigenvalue weighted by Gasteiger charge is -2.27. The third-order valence-electron chi connectivity index (χ3n) is 12.0. The molecule has 0 rings (SSSR count). The van der Waals surface area contributed by atoms with Gasteiger partial charge in [-0.25, -0.2) is 4.79 Å². The minimum atomic E-state index is -1.01. The van der Waals surface area contributed by atoms with Gasteiger partial charge in [-0.2, -0.15) is 0 Å².